The van der Waals surface area contributed by atoms with Crippen molar-refractivity contribution >= 4 is 18.5 Å². The van der Waals surface area contributed by atoms with Crippen LogP contribution in [0.2, 0.25) is 0 Å². The molecular formula is C12H15NO2S. The lowest BCUT2D eigenvalue weighted by molar-refractivity contribution is 0.0176. The van der Waals surface area contributed by atoms with E-state index in [2.05, 4.69) is 17.9 Å². The summed E-state index contributed by atoms with van der Waals surface area (Å²) >= 11 is 4.26. The van der Waals surface area contributed by atoms with Crippen molar-refractivity contribution < 1.29 is 9.53 Å². The highest BCUT2D eigenvalue weighted by Crippen LogP contribution is 2.23. The number of rotatable bonds is 3. The molecule has 0 bridgehead atoms. The van der Waals surface area contributed by atoms with Crippen LogP contribution in [0.1, 0.15) is 23.2 Å². The van der Waals surface area contributed by atoms with E-state index in [0.29, 0.717) is 16.6 Å². The van der Waals surface area contributed by atoms with Crippen LogP contribution >= 0.6 is 12.6 Å². The molecule has 0 atom stereocenters. The average Bonchev–Trinajstić information content (AvgIpc) is 2.23. The van der Waals surface area contributed by atoms with E-state index in [0.717, 1.165) is 12.8 Å². The lowest BCUT2D eigenvalue weighted by atomic mass is 9.89. The molecule has 86 valence electrons. The van der Waals surface area contributed by atoms with E-state index >= 15 is 0 Å². The van der Waals surface area contributed by atoms with Gasteiger partial charge in [0.25, 0.3) is 5.91 Å². The van der Waals surface area contributed by atoms with Crippen molar-refractivity contribution in [3.63, 3.8) is 0 Å². The Bertz CT molecular complexity index is 388. The molecule has 0 radical (unpaired) electrons. The Balaban J connectivity index is 1.92. The summed E-state index contributed by atoms with van der Waals surface area (Å²) in [6.45, 7) is 0. The summed E-state index contributed by atoms with van der Waals surface area (Å²) < 4.78 is 5.16. The van der Waals surface area contributed by atoms with Crippen molar-refractivity contribution in [3.8, 4) is 0 Å². The Hall–Kier alpha value is -1.00. The first-order chi connectivity index (χ1) is 7.70. The summed E-state index contributed by atoms with van der Waals surface area (Å²) in [5, 5.41) is 2.97. The maximum atomic E-state index is 11.9. The van der Waals surface area contributed by atoms with E-state index in [1.165, 1.54) is 0 Å². The van der Waals surface area contributed by atoms with Crippen LogP contribution in [-0.4, -0.2) is 25.2 Å². The summed E-state index contributed by atoms with van der Waals surface area (Å²) in [6.07, 6.45) is 2.10. The fourth-order valence-corrected chi connectivity index (χ4v) is 2.07. The Kier molecular flexibility index (Phi) is 3.51. The Morgan fingerprint density at radius 3 is 2.75 bits per heavy atom. The van der Waals surface area contributed by atoms with E-state index < -0.39 is 0 Å². The minimum Gasteiger partial charge on any atom is -0.381 e. The monoisotopic (exact) mass is 237 g/mol. The van der Waals surface area contributed by atoms with Crippen molar-refractivity contribution in [2.24, 2.45) is 0 Å². The van der Waals surface area contributed by atoms with Gasteiger partial charge in [0.05, 0.1) is 11.7 Å². The van der Waals surface area contributed by atoms with E-state index in [-0.39, 0.29) is 11.9 Å². The number of benzene rings is 1. The van der Waals surface area contributed by atoms with Crippen LogP contribution in [0.3, 0.4) is 0 Å². The topological polar surface area (TPSA) is 38.3 Å². The van der Waals surface area contributed by atoms with Gasteiger partial charge < -0.3 is 10.1 Å². The second kappa shape index (κ2) is 4.89. The predicted molar refractivity (Wildman–Crippen MR) is 65.0 cm³/mol. The molecule has 0 spiro atoms. The molecule has 3 nitrogen and oxygen atoms in total. The molecule has 0 aliphatic heterocycles. The van der Waals surface area contributed by atoms with Gasteiger partial charge in [0, 0.05) is 18.0 Å². The molecular weight excluding hydrogens is 222 g/mol. The van der Waals surface area contributed by atoms with Crippen LogP contribution in [0.4, 0.5) is 0 Å². The van der Waals surface area contributed by atoms with Gasteiger partial charge in [-0.25, -0.2) is 0 Å². The van der Waals surface area contributed by atoms with Gasteiger partial charge in [0.15, 0.2) is 0 Å². The number of nitrogens with one attached hydrogen (secondary N) is 1. The summed E-state index contributed by atoms with van der Waals surface area (Å²) in [4.78, 5) is 12.6. The fourth-order valence-electron chi connectivity index (χ4n) is 1.80. The molecule has 2 rings (SSSR count). The molecule has 16 heavy (non-hydrogen) atoms. The Labute approximate surface area is 101 Å². The van der Waals surface area contributed by atoms with Gasteiger partial charge in [0.1, 0.15) is 0 Å². The molecule has 1 saturated carbocycles. The van der Waals surface area contributed by atoms with E-state index in [1.807, 2.05) is 18.2 Å². The molecule has 1 fully saturated rings. The van der Waals surface area contributed by atoms with Crippen LogP contribution in [0.15, 0.2) is 29.2 Å². The standard InChI is InChI=1S/C12H15NO2S/c1-15-9-6-8(7-9)13-12(14)10-4-2-3-5-11(10)16/h2-5,8-9,16H,6-7H2,1H3,(H,13,14). The third-order valence-corrected chi connectivity index (χ3v) is 3.30. The van der Waals surface area contributed by atoms with Gasteiger partial charge in [-0.05, 0) is 25.0 Å². The zero-order chi connectivity index (χ0) is 11.5. The minimum absolute atomic E-state index is 0.0508. The highest BCUT2D eigenvalue weighted by atomic mass is 32.1. The smallest absolute Gasteiger partial charge is 0.252 e. The van der Waals surface area contributed by atoms with E-state index in [1.54, 1.807) is 13.2 Å². The number of hydrogen-bond acceptors (Lipinski definition) is 3. The number of thiol groups is 1. The van der Waals surface area contributed by atoms with Gasteiger partial charge in [0.2, 0.25) is 0 Å². The second-order valence-electron chi connectivity index (χ2n) is 4.02. The van der Waals surface area contributed by atoms with E-state index in [4.69, 9.17) is 4.74 Å². The Morgan fingerprint density at radius 1 is 1.44 bits per heavy atom. The van der Waals surface area contributed by atoms with Crippen molar-refractivity contribution in [1.82, 2.24) is 5.32 Å². The van der Waals surface area contributed by atoms with Crippen molar-refractivity contribution in [2.75, 3.05) is 7.11 Å². The Morgan fingerprint density at radius 2 is 2.12 bits per heavy atom. The fraction of sp³-hybridized carbons (Fsp3) is 0.417. The summed E-state index contributed by atoms with van der Waals surface area (Å²) in [5.74, 6) is -0.0508. The first-order valence-corrected chi connectivity index (χ1v) is 5.77. The lowest BCUT2D eigenvalue weighted by Crippen LogP contribution is -2.47. The average molecular weight is 237 g/mol. The molecule has 0 unspecified atom stereocenters. The zero-order valence-corrected chi connectivity index (χ0v) is 10.0. The van der Waals surface area contributed by atoms with Crippen LogP contribution in [-0.2, 0) is 4.74 Å². The van der Waals surface area contributed by atoms with Crippen molar-refractivity contribution in [1.29, 1.82) is 0 Å². The highest BCUT2D eigenvalue weighted by Gasteiger charge is 2.30. The van der Waals surface area contributed by atoms with Crippen LogP contribution < -0.4 is 5.32 Å². The molecule has 4 heteroatoms. The largest absolute Gasteiger partial charge is 0.381 e. The molecule has 1 aliphatic rings. The molecule has 1 aromatic rings. The van der Waals surface area contributed by atoms with Gasteiger partial charge in [-0.3, -0.25) is 4.79 Å². The van der Waals surface area contributed by atoms with Gasteiger partial charge in [-0.1, -0.05) is 12.1 Å². The van der Waals surface area contributed by atoms with E-state index in [9.17, 15) is 4.79 Å². The van der Waals surface area contributed by atoms with Crippen LogP contribution in [0, 0.1) is 0 Å². The van der Waals surface area contributed by atoms with Crippen molar-refractivity contribution in [2.45, 2.75) is 29.9 Å². The number of hydrogen-bond donors (Lipinski definition) is 2. The second-order valence-corrected chi connectivity index (χ2v) is 4.50. The SMILES string of the molecule is COC1CC(NC(=O)c2ccccc2S)C1. The van der Waals surface area contributed by atoms with Gasteiger partial charge in [-0.15, -0.1) is 12.6 Å². The minimum atomic E-state index is -0.0508. The molecule has 0 aromatic heterocycles. The van der Waals surface area contributed by atoms with Gasteiger partial charge in [-0.2, -0.15) is 0 Å². The summed E-state index contributed by atoms with van der Waals surface area (Å²) in [5.41, 5.74) is 0.631. The van der Waals surface area contributed by atoms with Gasteiger partial charge >= 0.3 is 0 Å². The molecule has 0 saturated heterocycles. The maximum Gasteiger partial charge on any atom is 0.252 e. The molecule has 1 aromatic carbocycles. The molecule has 0 heterocycles. The molecule has 1 amide bonds. The van der Waals surface area contributed by atoms with Crippen LogP contribution in [0.5, 0.6) is 0 Å². The number of ether oxygens (including phenoxy) is 1. The highest BCUT2D eigenvalue weighted by molar-refractivity contribution is 7.80. The zero-order valence-electron chi connectivity index (χ0n) is 9.14. The normalized spacial score (nSPS) is 23.6. The first-order valence-electron chi connectivity index (χ1n) is 5.32. The number of amides is 1. The maximum absolute atomic E-state index is 11.9. The third-order valence-electron chi connectivity index (χ3n) is 2.91. The van der Waals surface area contributed by atoms with Crippen LogP contribution in [0.25, 0.3) is 0 Å². The first kappa shape index (κ1) is 11.5. The van der Waals surface area contributed by atoms with Crippen molar-refractivity contribution in [3.05, 3.63) is 29.8 Å². The number of carbonyl (C=O) groups excluding carboxylic acids is 1. The third kappa shape index (κ3) is 2.39. The lowest BCUT2D eigenvalue weighted by Gasteiger charge is -2.34. The number of carbonyl (C=O) groups is 1. The summed E-state index contributed by atoms with van der Waals surface area (Å²) in [7, 11) is 1.70. The predicted octanol–water partition coefficient (Wildman–Crippen LogP) is 1.88. The molecule has 1 N–H and O–H groups in total. The number of methoxy groups -OCH3 is 1. The quantitative estimate of drug-likeness (QED) is 0.788. The molecule has 1 aliphatic carbocycles. The summed E-state index contributed by atoms with van der Waals surface area (Å²) in [6, 6.07) is 7.54.